The highest BCUT2D eigenvalue weighted by Gasteiger charge is 2.32. The standard InChI is InChI=1S/C18H31N9O9/c19-7(2-1-3-24-18(22)23)14(32)25-9(6-13(30)31)16(34)26-8(4-11(20)28)15(33)27-10(17(35)36)5-12(21)29/h7-10H,1-6,19H2,(H2,20,28)(H2,21,29)(H,25,32)(H,26,34)(H,27,33)(H,30,31)(H,35,36)(H4,22,23,24). The van der Waals surface area contributed by atoms with Crippen molar-refractivity contribution in [3.63, 3.8) is 0 Å². The summed E-state index contributed by atoms with van der Waals surface area (Å²) in [6.45, 7) is 0.166. The Morgan fingerprint density at radius 3 is 1.58 bits per heavy atom. The van der Waals surface area contributed by atoms with Crippen molar-refractivity contribution in [2.75, 3.05) is 6.54 Å². The van der Waals surface area contributed by atoms with Gasteiger partial charge in [0.25, 0.3) is 0 Å². The largest absolute Gasteiger partial charge is 0.481 e. The highest BCUT2D eigenvalue weighted by Crippen LogP contribution is 2.02. The third kappa shape index (κ3) is 13.3. The number of hydrogen-bond donors (Lipinski definition) is 10. The molecule has 0 heterocycles. The zero-order valence-electron chi connectivity index (χ0n) is 19.1. The van der Waals surface area contributed by atoms with E-state index in [1.807, 2.05) is 10.6 Å². The molecule has 18 nitrogen and oxygen atoms in total. The first-order valence-corrected chi connectivity index (χ1v) is 10.4. The first-order chi connectivity index (χ1) is 16.6. The number of nitrogens with two attached hydrogens (primary N) is 5. The van der Waals surface area contributed by atoms with Crippen molar-refractivity contribution < 1.29 is 43.8 Å². The van der Waals surface area contributed by atoms with Gasteiger partial charge in [0.1, 0.15) is 18.1 Å². The molecule has 202 valence electrons. The van der Waals surface area contributed by atoms with Crippen LogP contribution in [0.15, 0.2) is 4.99 Å². The maximum atomic E-state index is 12.7. The summed E-state index contributed by atoms with van der Waals surface area (Å²) >= 11 is 0. The molecule has 0 aliphatic heterocycles. The molecule has 0 fully saturated rings. The van der Waals surface area contributed by atoms with Gasteiger partial charge in [-0.05, 0) is 12.8 Å². The Kier molecular flexibility index (Phi) is 13.5. The molecule has 18 heteroatoms. The summed E-state index contributed by atoms with van der Waals surface area (Å²) in [4.78, 5) is 86.0. The lowest BCUT2D eigenvalue weighted by atomic mass is 10.1. The van der Waals surface area contributed by atoms with E-state index in [1.54, 1.807) is 0 Å². The molecule has 4 unspecified atom stereocenters. The van der Waals surface area contributed by atoms with E-state index < -0.39 is 84.9 Å². The van der Waals surface area contributed by atoms with Crippen LogP contribution in [0.5, 0.6) is 0 Å². The van der Waals surface area contributed by atoms with Gasteiger partial charge in [-0.3, -0.25) is 33.8 Å². The summed E-state index contributed by atoms with van der Waals surface area (Å²) in [6.07, 6.45) is -2.18. The minimum Gasteiger partial charge on any atom is -0.481 e. The summed E-state index contributed by atoms with van der Waals surface area (Å²) in [5.74, 6) is -8.77. The van der Waals surface area contributed by atoms with Crippen molar-refractivity contribution in [2.45, 2.75) is 56.3 Å². The zero-order chi connectivity index (χ0) is 28.0. The van der Waals surface area contributed by atoms with Crippen LogP contribution in [0.2, 0.25) is 0 Å². The van der Waals surface area contributed by atoms with Gasteiger partial charge in [-0.15, -0.1) is 0 Å². The molecular formula is C18H31N9O9. The van der Waals surface area contributed by atoms with Crippen LogP contribution in [0, 0.1) is 0 Å². The minimum atomic E-state index is -1.78. The van der Waals surface area contributed by atoms with E-state index in [2.05, 4.69) is 10.3 Å². The number of nitrogens with one attached hydrogen (secondary N) is 3. The number of aliphatic carboxylic acids is 2. The average molecular weight is 518 g/mol. The normalized spacial score (nSPS) is 13.7. The van der Waals surface area contributed by atoms with Gasteiger partial charge in [-0.25, -0.2) is 4.79 Å². The van der Waals surface area contributed by atoms with Crippen molar-refractivity contribution in [2.24, 2.45) is 33.7 Å². The fourth-order valence-electron chi connectivity index (χ4n) is 2.67. The summed E-state index contributed by atoms with van der Waals surface area (Å²) in [6, 6.07) is -6.46. The second kappa shape index (κ2) is 15.4. The van der Waals surface area contributed by atoms with Crippen LogP contribution < -0.4 is 44.6 Å². The Morgan fingerprint density at radius 1 is 0.694 bits per heavy atom. The smallest absolute Gasteiger partial charge is 0.326 e. The van der Waals surface area contributed by atoms with E-state index in [9.17, 15) is 33.6 Å². The van der Waals surface area contributed by atoms with Gasteiger partial charge in [0.15, 0.2) is 5.96 Å². The Hall–Kier alpha value is -4.48. The predicted octanol–water partition coefficient (Wildman–Crippen LogP) is -5.87. The molecule has 0 aromatic rings. The Labute approximate surface area is 204 Å². The van der Waals surface area contributed by atoms with Gasteiger partial charge in [0.2, 0.25) is 29.5 Å². The molecule has 0 aliphatic carbocycles. The summed E-state index contributed by atoms with van der Waals surface area (Å²) in [5.41, 5.74) is 26.1. The van der Waals surface area contributed by atoms with Gasteiger partial charge in [0.05, 0.1) is 25.3 Å². The number of carbonyl (C=O) groups excluding carboxylic acids is 5. The van der Waals surface area contributed by atoms with Gasteiger partial charge >= 0.3 is 11.9 Å². The topological polar surface area (TPSA) is 338 Å². The molecular weight excluding hydrogens is 486 g/mol. The van der Waals surface area contributed by atoms with Crippen molar-refractivity contribution in [3.05, 3.63) is 0 Å². The minimum absolute atomic E-state index is 0.0766. The molecule has 0 radical (unpaired) electrons. The second-order valence-corrected chi connectivity index (χ2v) is 7.52. The molecule has 4 atom stereocenters. The number of rotatable bonds is 17. The van der Waals surface area contributed by atoms with Crippen LogP contribution in [0.1, 0.15) is 32.1 Å². The van der Waals surface area contributed by atoms with Crippen molar-refractivity contribution >= 4 is 47.4 Å². The molecule has 0 aromatic carbocycles. The molecule has 0 spiro atoms. The highest BCUT2D eigenvalue weighted by molar-refractivity contribution is 5.97. The second-order valence-electron chi connectivity index (χ2n) is 7.52. The maximum absolute atomic E-state index is 12.7. The first kappa shape index (κ1) is 31.5. The number of hydrogen-bond acceptors (Lipinski definition) is 9. The Balaban J connectivity index is 5.46. The van der Waals surface area contributed by atoms with Crippen LogP contribution in [0.25, 0.3) is 0 Å². The summed E-state index contributed by atoms with van der Waals surface area (Å²) in [7, 11) is 0. The van der Waals surface area contributed by atoms with E-state index in [4.69, 9.17) is 38.9 Å². The molecule has 36 heavy (non-hydrogen) atoms. The molecule has 0 saturated carbocycles. The maximum Gasteiger partial charge on any atom is 0.326 e. The molecule has 0 bridgehead atoms. The number of primary amides is 2. The molecule has 0 aromatic heterocycles. The SMILES string of the molecule is NC(=O)CC(NC(=O)C(CC(N)=O)NC(=O)C(CC(=O)O)NC(=O)C(N)CCCN=C(N)N)C(=O)O. The number of carboxylic acid groups (broad SMARTS) is 2. The Bertz CT molecular complexity index is 889. The third-order valence-corrected chi connectivity index (χ3v) is 4.37. The van der Waals surface area contributed by atoms with E-state index in [-0.39, 0.29) is 18.9 Å². The van der Waals surface area contributed by atoms with Crippen molar-refractivity contribution in [1.29, 1.82) is 0 Å². The lowest BCUT2D eigenvalue weighted by molar-refractivity contribution is -0.144. The number of amides is 5. The number of aliphatic imine (C=N–C) groups is 1. The first-order valence-electron chi connectivity index (χ1n) is 10.4. The lowest BCUT2D eigenvalue weighted by Crippen LogP contribution is -2.58. The van der Waals surface area contributed by atoms with Gasteiger partial charge in [-0.1, -0.05) is 0 Å². The van der Waals surface area contributed by atoms with Gasteiger partial charge in [0, 0.05) is 6.54 Å². The van der Waals surface area contributed by atoms with E-state index >= 15 is 0 Å². The summed E-state index contributed by atoms with van der Waals surface area (Å²) < 4.78 is 0. The Morgan fingerprint density at radius 2 is 1.14 bits per heavy atom. The highest BCUT2D eigenvalue weighted by atomic mass is 16.4. The van der Waals surface area contributed by atoms with Crippen LogP contribution in [-0.4, -0.2) is 88.4 Å². The number of nitrogens with zero attached hydrogens (tertiary/aromatic N) is 1. The zero-order valence-corrected chi connectivity index (χ0v) is 19.1. The van der Waals surface area contributed by atoms with E-state index in [0.717, 1.165) is 0 Å². The molecule has 0 rings (SSSR count). The number of guanidine groups is 1. The van der Waals surface area contributed by atoms with E-state index in [0.29, 0.717) is 6.42 Å². The quantitative estimate of drug-likeness (QED) is 0.0489. The van der Waals surface area contributed by atoms with Crippen LogP contribution >= 0.6 is 0 Å². The molecule has 5 amide bonds. The van der Waals surface area contributed by atoms with Crippen LogP contribution in [0.3, 0.4) is 0 Å². The average Bonchev–Trinajstić information content (AvgIpc) is 2.73. The van der Waals surface area contributed by atoms with Gasteiger partial charge in [-0.2, -0.15) is 0 Å². The fourth-order valence-corrected chi connectivity index (χ4v) is 2.67. The fraction of sp³-hybridized carbons (Fsp3) is 0.556. The number of carbonyl (C=O) groups is 7. The van der Waals surface area contributed by atoms with Gasteiger partial charge < -0.3 is 54.8 Å². The monoisotopic (exact) mass is 517 g/mol. The molecule has 0 aliphatic rings. The van der Waals surface area contributed by atoms with Crippen LogP contribution in [-0.2, 0) is 33.6 Å². The molecule has 15 N–H and O–H groups in total. The third-order valence-electron chi connectivity index (χ3n) is 4.37. The van der Waals surface area contributed by atoms with E-state index in [1.165, 1.54) is 0 Å². The molecule has 0 saturated heterocycles. The van der Waals surface area contributed by atoms with Crippen molar-refractivity contribution in [1.82, 2.24) is 16.0 Å². The predicted molar refractivity (Wildman–Crippen MR) is 121 cm³/mol. The van der Waals surface area contributed by atoms with Crippen molar-refractivity contribution in [3.8, 4) is 0 Å². The van der Waals surface area contributed by atoms with Crippen LogP contribution in [0.4, 0.5) is 0 Å². The number of carboxylic acids is 2. The summed E-state index contributed by atoms with van der Waals surface area (Å²) in [5, 5.41) is 24.3. The lowest BCUT2D eigenvalue weighted by Gasteiger charge is -2.24.